The maximum atomic E-state index is 11.9. The molecule has 4 heteroatoms. The first-order valence-corrected chi connectivity index (χ1v) is 6.98. The van der Waals surface area contributed by atoms with E-state index in [-0.39, 0.29) is 24.1 Å². The molecule has 0 rings (SSSR count). The predicted molar refractivity (Wildman–Crippen MR) is 75.5 cm³/mol. The number of nitrogens with one attached hydrogen (secondary N) is 2. The van der Waals surface area contributed by atoms with Crippen molar-refractivity contribution >= 4 is 5.91 Å². The van der Waals surface area contributed by atoms with Gasteiger partial charge in [0.2, 0.25) is 5.91 Å². The Balaban J connectivity index is 3.82. The summed E-state index contributed by atoms with van der Waals surface area (Å²) < 4.78 is 0. The van der Waals surface area contributed by atoms with Gasteiger partial charge in [0.05, 0.1) is 6.04 Å². The van der Waals surface area contributed by atoms with E-state index in [2.05, 4.69) is 17.6 Å². The Morgan fingerprint density at radius 1 is 1.33 bits per heavy atom. The highest BCUT2D eigenvalue weighted by Crippen LogP contribution is 2.07. The minimum absolute atomic E-state index is 0.0528. The fraction of sp³-hybridized carbons (Fsp3) is 0.929. The van der Waals surface area contributed by atoms with E-state index < -0.39 is 0 Å². The Morgan fingerprint density at radius 2 is 1.94 bits per heavy atom. The number of hydrogen-bond donors (Lipinski definition) is 3. The molecule has 0 heterocycles. The molecular weight excluding hydrogens is 228 g/mol. The number of aliphatic hydroxyl groups excluding tert-OH is 1. The van der Waals surface area contributed by atoms with E-state index in [1.54, 1.807) is 0 Å². The van der Waals surface area contributed by atoms with Crippen LogP contribution in [0.3, 0.4) is 0 Å². The van der Waals surface area contributed by atoms with Crippen molar-refractivity contribution in [1.82, 2.24) is 10.6 Å². The largest absolute Gasteiger partial charge is 0.396 e. The molecule has 3 N–H and O–H groups in total. The van der Waals surface area contributed by atoms with Crippen LogP contribution < -0.4 is 10.6 Å². The van der Waals surface area contributed by atoms with Gasteiger partial charge in [0, 0.05) is 12.1 Å². The molecule has 0 aromatic heterocycles. The summed E-state index contributed by atoms with van der Waals surface area (Å²) in [5.41, 5.74) is -0.140. The zero-order valence-corrected chi connectivity index (χ0v) is 12.5. The monoisotopic (exact) mass is 258 g/mol. The van der Waals surface area contributed by atoms with Crippen molar-refractivity contribution in [2.75, 3.05) is 13.2 Å². The molecule has 0 aromatic rings. The number of amides is 1. The summed E-state index contributed by atoms with van der Waals surface area (Å²) in [6.45, 7) is 11.1. The smallest absolute Gasteiger partial charge is 0.237 e. The molecule has 0 aliphatic heterocycles. The van der Waals surface area contributed by atoms with Crippen LogP contribution in [0.4, 0.5) is 0 Å². The molecule has 2 atom stereocenters. The lowest BCUT2D eigenvalue weighted by atomic mass is 10.0. The van der Waals surface area contributed by atoms with Crippen LogP contribution in [-0.4, -0.2) is 35.7 Å². The van der Waals surface area contributed by atoms with Crippen molar-refractivity contribution in [3.63, 3.8) is 0 Å². The van der Waals surface area contributed by atoms with Crippen molar-refractivity contribution < 1.29 is 9.90 Å². The van der Waals surface area contributed by atoms with Crippen LogP contribution in [0.1, 0.15) is 53.9 Å². The van der Waals surface area contributed by atoms with Crippen molar-refractivity contribution in [3.05, 3.63) is 0 Å². The Hall–Kier alpha value is -0.610. The molecule has 1 amide bonds. The topological polar surface area (TPSA) is 61.4 Å². The van der Waals surface area contributed by atoms with Gasteiger partial charge in [0.15, 0.2) is 0 Å². The summed E-state index contributed by atoms with van der Waals surface area (Å²) in [5.74, 6) is 0.395. The van der Waals surface area contributed by atoms with E-state index in [0.29, 0.717) is 5.92 Å². The third-order valence-electron chi connectivity index (χ3n) is 3.37. The van der Waals surface area contributed by atoms with Crippen LogP contribution in [0.5, 0.6) is 0 Å². The molecule has 108 valence electrons. The van der Waals surface area contributed by atoms with Gasteiger partial charge in [-0.1, -0.05) is 13.8 Å². The molecule has 4 nitrogen and oxygen atoms in total. The van der Waals surface area contributed by atoms with Crippen LogP contribution in [-0.2, 0) is 4.79 Å². The molecule has 0 saturated heterocycles. The highest BCUT2D eigenvalue weighted by atomic mass is 16.3. The normalized spacial score (nSPS) is 15.2. The molecule has 0 radical (unpaired) electrons. The molecule has 0 aromatic carbocycles. The van der Waals surface area contributed by atoms with Gasteiger partial charge in [-0.05, 0) is 52.5 Å². The van der Waals surface area contributed by atoms with Gasteiger partial charge in [-0.25, -0.2) is 0 Å². The molecule has 0 aliphatic carbocycles. The molecular formula is C14H30N2O2. The van der Waals surface area contributed by atoms with Gasteiger partial charge in [-0.15, -0.1) is 0 Å². The highest BCUT2D eigenvalue weighted by Gasteiger charge is 2.21. The second kappa shape index (κ2) is 8.48. The molecule has 0 bridgehead atoms. The van der Waals surface area contributed by atoms with Crippen LogP contribution in [0.2, 0.25) is 0 Å². The highest BCUT2D eigenvalue weighted by molar-refractivity contribution is 5.81. The lowest BCUT2D eigenvalue weighted by Gasteiger charge is -2.26. The van der Waals surface area contributed by atoms with Crippen molar-refractivity contribution in [3.8, 4) is 0 Å². The van der Waals surface area contributed by atoms with E-state index in [9.17, 15) is 4.79 Å². The minimum Gasteiger partial charge on any atom is -0.396 e. The van der Waals surface area contributed by atoms with Crippen LogP contribution >= 0.6 is 0 Å². The summed E-state index contributed by atoms with van der Waals surface area (Å²) >= 11 is 0. The Kier molecular flexibility index (Phi) is 8.20. The lowest BCUT2D eigenvalue weighted by Crippen LogP contribution is -2.50. The number of aliphatic hydroxyl groups is 1. The number of carbonyl (C=O) groups excluding carboxylic acids is 1. The van der Waals surface area contributed by atoms with E-state index in [0.717, 1.165) is 25.8 Å². The van der Waals surface area contributed by atoms with E-state index in [4.69, 9.17) is 5.11 Å². The summed E-state index contributed by atoms with van der Waals surface area (Å²) in [5, 5.41) is 15.1. The lowest BCUT2D eigenvalue weighted by molar-refractivity contribution is -0.124. The molecule has 2 unspecified atom stereocenters. The molecule has 0 aliphatic rings. The van der Waals surface area contributed by atoms with E-state index in [1.165, 1.54) is 0 Å². The first-order chi connectivity index (χ1) is 8.32. The zero-order valence-electron chi connectivity index (χ0n) is 12.5. The van der Waals surface area contributed by atoms with Gasteiger partial charge >= 0.3 is 0 Å². The molecule has 0 saturated carbocycles. The standard InChI is InChI=1S/C14H30N2O2/c1-6-14(4,5)16-13(18)12(3)15-9-7-8-11(2)10-17/h11-12,15,17H,6-10H2,1-5H3,(H,16,18). The first-order valence-electron chi connectivity index (χ1n) is 6.98. The average Bonchev–Trinajstić information content (AvgIpc) is 2.33. The third kappa shape index (κ3) is 7.67. The SMILES string of the molecule is CCC(C)(C)NC(=O)C(C)NCCCC(C)CO. The first kappa shape index (κ1) is 17.4. The van der Waals surface area contributed by atoms with Crippen molar-refractivity contribution in [1.29, 1.82) is 0 Å². The van der Waals surface area contributed by atoms with Gasteiger partial charge in [-0.3, -0.25) is 4.79 Å². The summed E-state index contributed by atoms with van der Waals surface area (Å²) in [7, 11) is 0. The average molecular weight is 258 g/mol. The Labute approximate surface area is 112 Å². The van der Waals surface area contributed by atoms with Crippen molar-refractivity contribution in [2.24, 2.45) is 5.92 Å². The predicted octanol–water partition coefficient (Wildman–Crippen LogP) is 1.68. The Bertz CT molecular complexity index is 242. The molecule has 0 fully saturated rings. The fourth-order valence-corrected chi connectivity index (χ4v) is 1.48. The number of carbonyl (C=O) groups is 1. The second-order valence-corrected chi connectivity index (χ2v) is 5.83. The van der Waals surface area contributed by atoms with E-state index >= 15 is 0 Å². The number of hydrogen-bond acceptors (Lipinski definition) is 3. The van der Waals surface area contributed by atoms with Gasteiger partial charge in [0.25, 0.3) is 0 Å². The fourth-order valence-electron chi connectivity index (χ4n) is 1.48. The molecule has 0 spiro atoms. The quantitative estimate of drug-likeness (QED) is 0.551. The molecule has 18 heavy (non-hydrogen) atoms. The summed E-state index contributed by atoms with van der Waals surface area (Å²) in [6, 6.07) is -0.166. The maximum Gasteiger partial charge on any atom is 0.237 e. The van der Waals surface area contributed by atoms with Crippen LogP contribution in [0, 0.1) is 5.92 Å². The van der Waals surface area contributed by atoms with Crippen LogP contribution in [0.15, 0.2) is 0 Å². The van der Waals surface area contributed by atoms with Crippen LogP contribution in [0.25, 0.3) is 0 Å². The maximum absolute atomic E-state index is 11.9. The number of rotatable bonds is 9. The zero-order chi connectivity index (χ0) is 14.2. The third-order valence-corrected chi connectivity index (χ3v) is 3.37. The minimum atomic E-state index is -0.166. The van der Waals surface area contributed by atoms with Gasteiger partial charge in [0.1, 0.15) is 0 Å². The Morgan fingerprint density at radius 3 is 2.44 bits per heavy atom. The second-order valence-electron chi connectivity index (χ2n) is 5.83. The van der Waals surface area contributed by atoms with Crippen molar-refractivity contribution in [2.45, 2.75) is 65.5 Å². The van der Waals surface area contributed by atoms with Gasteiger partial charge in [-0.2, -0.15) is 0 Å². The summed E-state index contributed by atoms with van der Waals surface area (Å²) in [6.07, 6.45) is 2.88. The summed E-state index contributed by atoms with van der Waals surface area (Å²) in [4.78, 5) is 11.9. The van der Waals surface area contributed by atoms with E-state index in [1.807, 2.05) is 27.7 Å². The van der Waals surface area contributed by atoms with Gasteiger partial charge < -0.3 is 15.7 Å².